The summed E-state index contributed by atoms with van der Waals surface area (Å²) in [6.45, 7) is 4.12. The molecule has 1 heterocycles. The Balaban J connectivity index is 1.93. The Bertz CT molecular complexity index is 926. The van der Waals surface area contributed by atoms with E-state index in [-0.39, 0.29) is 28.3 Å². The van der Waals surface area contributed by atoms with Crippen molar-refractivity contribution in [1.29, 1.82) is 0 Å². The maximum atomic E-state index is 12.5. The Labute approximate surface area is 154 Å². The van der Waals surface area contributed by atoms with Gasteiger partial charge < -0.3 is 11.1 Å². The number of Topliss-reactive ketones (excluding diaryl/α,β-unsaturated/α-hetero) is 2. The zero-order valence-electron chi connectivity index (χ0n) is 14.4. The highest BCUT2D eigenvalue weighted by atomic mass is 32.1. The average Bonchev–Trinajstić information content (AvgIpc) is 2.97. The summed E-state index contributed by atoms with van der Waals surface area (Å²) in [5.41, 5.74) is 7.57. The summed E-state index contributed by atoms with van der Waals surface area (Å²) >= 11 is 0.930. The van der Waals surface area contributed by atoms with Crippen molar-refractivity contribution in [3.63, 3.8) is 0 Å². The molecule has 1 aromatic carbocycles. The van der Waals surface area contributed by atoms with E-state index in [0.29, 0.717) is 17.0 Å². The molecule has 0 aliphatic heterocycles. The molecule has 6 nitrogen and oxygen atoms in total. The second kappa shape index (κ2) is 6.84. The molecule has 0 fully saturated rings. The van der Waals surface area contributed by atoms with Gasteiger partial charge in [-0.25, -0.2) is 0 Å². The zero-order valence-corrected chi connectivity index (χ0v) is 15.2. The molecule has 1 aromatic heterocycles. The minimum Gasteiger partial charge on any atom is -0.365 e. The second-order valence-corrected chi connectivity index (χ2v) is 7.48. The van der Waals surface area contributed by atoms with Gasteiger partial charge in [0.15, 0.2) is 0 Å². The summed E-state index contributed by atoms with van der Waals surface area (Å²) in [4.78, 5) is 48.3. The van der Waals surface area contributed by atoms with Crippen LogP contribution in [0.15, 0.2) is 24.3 Å². The highest BCUT2D eigenvalue weighted by Gasteiger charge is 2.33. The highest BCUT2D eigenvalue weighted by Crippen LogP contribution is 2.37. The summed E-state index contributed by atoms with van der Waals surface area (Å²) in [6.07, 6.45) is 0.320. The van der Waals surface area contributed by atoms with Crippen LogP contribution in [0.25, 0.3) is 0 Å². The second-order valence-electron chi connectivity index (χ2n) is 6.46. The summed E-state index contributed by atoms with van der Waals surface area (Å²) in [5.74, 6) is -1.89. The summed E-state index contributed by atoms with van der Waals surface area (Å²) in [5, 5.41) is 2.88. The molecular formula is C19H18N2O4S. The van der Waals surface area contributed by atoms with Crippen molar-refractivity contribution in [3.8, 4) is 0 Å². The van der Waals surface area contributed by atoms with Gasteiger partial charge in [0.2, 0.25) is 11.6 Å². The van der Waals surface area contributed by atoms with Crippen LogP contribution >= 0.6 is 11.3 Å². The molecule has 0 saturated heterocycles. The van der Waals surface area contributed by atoms with Crippen LogP contribution in [0.1, 0.15) is 67.7 Å². The van der Waals surface area contributed by atoms with Crippen LogP contribution in [0.5, 0.6) is 0 Å². The minimum atomic E-state index is -0.727. The first-order valence-electron chi connectivity index (χ1n) is 8.24. The van der Waals surface area contributed by atoms with Crippen molar-refractivity contribution in [1.82, 2.24) is 0 Å². The molecule has 0 bridgehead atoms. The fourth-order valence-corrected chi connectivity index (χ4v) is 4.12. The largest absolute Gasteiger partial charge is 0.365 e. The van der Waals surface area contributed by atoms with E-state index < -0.39 is 23.4 Å². The van der Waals surface area contributed by atoms with Crippen LogP contribution < -0.4 is 11.1 Å². The topological polar surface area (TPSA) is 106 Å². The maximum Gasteiger partial charge on any atom is 0.256 e. The lowest BCUT2D eigenvalue weighted by atomic mass is 9.93. The molecule has 26 heavy (non-hydrogen) atoms. The number of carbonyl (C=O) groups is 4. The molecule has 1 aliphatic rings. The van der Waals surface area contributed by atoms with E-state index in [9.17, 15) is 19.2 Å². The lowest BCUT2D eigenvalue weighted by molar-refractivity contribution is -0.115. The van der Waals surface area contributed by atoms with E-state index in [2.05, 4.69) is 19.2 Å². The Morgan fingerprint density at radius 2 is 1.77 bits per heavy atom. The molecule has 3 N–H and O–H groups in total. The third-order valence-electron chi connectivity index (χ3n) is 4.38. The van der Waals surface area contributed by atoms with Crippen molar-refractivity contribution >= 4 is 39.7 Å². The smallest absolute Gasteiger partial charge is 0.256 e. The number of carbonyl (C=O) groups excluding carboxylic acids is 4. The molecule has 3 rings (SSSR count). The molecule has 0 saturated carbocycles. The monoisotopic (exact) mass is 370 g/mol. The standard InChI is InChI=1S/C19H18N2O4S/c1-9(2)10-3-5-11(6-4-10)18(25)21-19-14(17(20)24)12-7-8-13(22)15(23)16(12)26-19/h3-6,9H,7-8H2,1-2H3,(H2,20,24)(H,21,25). The molecule has 1 aliphatic carbocycles. The van der Waals surface area contributed by atoms with E-state index in [1.165, 1.54) is 0 Å². The fraction of sp³-hybridized carbons (Fsp3) is 0.263. The minimum absolute atomic E-state index is 0.0485. The van der Waals surface area contributed by atoms with Crippen LogP contribution in [-0.2, 0) is 11.2 Å². The van der Waals surface area contributed by atoms with E-state index in [1.807, 2.05) is 12.1 Å². The molecule has 0 radical (unpaired) electrons. The van der Waals surface area contributed by atoms with Gasteiger partial charge in [-0.3, -0.25) is 19.2 Å². The number of nitrogens with one attached hydrogen (secondary N) is 1. The molecule has 0 spiro atoms. The van der Waals surface area contributed by atoms with Crippen molar-refractivity contribution in [3.05, 3.63) is 51.4 Å². The number of hydrogen-bond acceptors (Lipinski definition) is 5. The predicted octanol–water partition coefficient (Wildman–Crippen LogP) is 2.92. The average molecular weight is 370 g/mol. The number of hydrogen-bond donors (Lipinski definition) is 2. The normalized spacial score (nSPS) is 13.7. The molecule has 2 amide bonds. The number of fused-ring (bicyclic) bond motifs is 1. The number of amides is 2. The van der Waals surface area contributed by atoms with Crippen molar-refractivity contribution in [2.75, 3.05) is 5.32 Å². The van der Waals surface area contributed by atoms with Gasteiger partial charge in [0, 0.05) is 12.0 Å². The number of ketones is 2. The van der Waals surface area contributed by atoms with E-state index >= 15 is 0 Å². The number of thiophene rings is 1. The Hall–Kier alpha value is -2.80. The Kier molecular flexibility index (Phi) is 4.73. The summed E-state index contributed by atoms with van der Waals surface area (Å²) in [7, 11) is 0. The van der Waals surface area contributed by atoms with Crippen LogP contribution in [-0.4, -0.2) is 23.4 Å². The lowest BCUT2D eigenvalue weighted by Crippen LogP contribution is -2.23. The third kappa shape index (κ3) is 3.17. The predicted molar refractivity (Wildman–Crippen MR) is 99.0 cm³/mol. The van der Waals surface area contributed by atoms with Gasteiger partial charge in [-0.15, -0.1) is 11.3 Å². The Morgan fingerprint density at radius 3 is 2.35 bits per heavy atom. The molecule has 7 heteroatoms. The molecule has 134 valence electrons. The van der Waals surface area contributed by atoms with Gasteiger partial charge in [-0.1, -0.05) is 26.0 Å². The van der Waals surface area contributed by atoms with E-state index in [0.717, 1.165) is 16.9 Å². The summed E-state index contributed by atoms with van der Waals surface area (Å²) < 4.78 is 0. The molecular weight excluding hydrogens is 352 g/mol. The van der Waals surface area contributed by atoms with Crippen LogP contribution in [0, 0.1) is 0 Å². The van der Waals surface area contributed by atoms with Gasteiger partial charge in [0.1, 0.15) is 5.00 Å². The first-order chi connectivity index (χ1) is 12.3. The van der Waals surface area contributed by atoms with Crippen LogP contribution in [0.2, 0.25) is 0 Å². The van der Waals surface area contributed by atoms with Crippen LogP contribution in [0.4, 0.5) is 5.00 Å². The number of benzene rings is 1. The van der Waals surface area contributed by atoms with Gasteiger partial charge in [-0.05, 0) is 35.6 Å². The lowest BCUT2D eigenvalue weighted by Gasteiger charge is -2.10. The molecule has 2 aromatic rings. The first-order valence-corrected chi connectivity index (χ1v) is 9.05. The summed E-state index contributed by atoms with van der Waals surface area (Å²) in [6, 6.07) is 7.15. The SMILES string of the molecule is CC(C)c1ccc(C(=O)Nc2sc3c(c2C(N)=O)CCC(=O)C3=O)cc1. The Morgan fingerprint density at radius 1 is 1.12 bits per heavy atom. The van der Waals surface area contributed by atoms with Crippen molar-refractivity contribution < 1.29 is 19.2 Å². The number of rotatable bonds is 4. The molecule has 0 atom stereocenters. The fourth-order valence-electron chi connectivity index (χ4n) is 2.91. The maximum absolute atomic E-state index is 12.5. The van der Waals surface area contributed by atoms with Gasteiger partial charge in [-0.2, -0.15) is 0 Å². The zero-order chi connectivity index (χ0) is 19.0. The quantitative estimate of drug-likeness (QED) is 0.807. The van der Waals surface area contributed by atoms with Gasteiger partial charge >= 0.3 is 0 Å². The number of nitrogens with two attached hydrogens (primary N) is 1. The van der Waals surface area contributed by atoms with E-state index in [1.54, 1.807) is 12.1 Å². The molecule has 0 unspecified atom stereocenters. The van der Waals surface area contributed by atoms with Crippen molar-refractivity contribution in [2.24, 2.45) is 5.73 Å². The van der Waals surface area contributed by atoms with Gasteiger partial charge in [0.05, 0.1) is 10.4 Å². The third-order valence-corrected chi connectivity index (χ3v) is 5.53. The van der Waals surface area contributed by atoms with Crippen molar-refractivity contribution in [2.45, 2.75) is 32.6 Å². The van der Waals surface area contributed by atoms with Gasteiger partial charge in [0.25, 0.3) is 11.8 Å². The first kappa shape index (κ1) is 18.0. The number of anilines is 1. The number of primary amides is 1. The highest BCUT2D eigenvalue weighted by molar-refractivity contribution is 7.19. The van der Waals surface area contributed by atoms with E-state index in [4.69, 9.17) is 5.73 Å². The van der Waals surface area contributed by atoms with Crippen LogP contribution in [0.3, 0.4) is 0 Å².